The number of H-pyrrole nitrogens is 1. The van der Waals surface area contributed by atoms with Crippen LogP contribution in [0.4, 0.5) is 5.69 Å². The number of ether oxygens (including phenoxy) is 3. The standard InChI is InChI=1S/C19H24N2O6/c1-10-17(12(3)22)11(2)20-18(10)19(24)27-9-16(23)21-14-7-6-13(25-4)8-15(14)26-5/h6-8,12,20,22H,9H2,1-5H3,(H,21,23)/t12-/m0/s1. The summed E-state index contributed by atoms with van der Waals surface area (Å²) in [6.07, 6.45) is -0.714. The molecule has 2 aromatic rings. The molecule has 27 heavy (non-hydrogen) atoms. The van der Waals surface area contributed by atoms with Crippen molar-refractivity contribution in [2.45, 2.75) is 26.9 Å². The van der Waals surface area contributed by atoms with Crippen molar-refractivity contribution in [2.75, 3.05) is 26.1 Å². The third-order valence-electron chi connectivity index (χ3n) is 4.13. The Bertz CT molecular complexity index is 841. The summed E-state index contributed by atoms with van der Waals surface area (Å²) in [6, 6.07) is 4.93. The molecule has 1 aromatic carbocycles. The highest BCUT2D eigenvalue weighted by atomic mass is 16.5. The fourth-order valence-corrected chi connectivity index (χ4v) is 2.89. The number of anilines is 1. The lowest BCUT2D eigenvalue weighted by Crippen LogP contribution is -2.21. The number of benzene rings is 1. The van der Waals surface area contributed by atoms with Crippen LogP contribution in [0.2, 0.25) is 0 Å². The zero-order valence-electron chi connectivity index (χ0n) is 16.0. The molecule has 0 spiro atoms. The van der Waals surface area contributed by atoms with Gasteiger partial charge in [-0.05, 0) is 38.5 Å². The van der Waals surface area contributed by atoms with Crippen LogP contribution in [0.3, 0.4) is 0 Å². The SMILES string of the molecule is COc1ccc(NC(=O)COC(=O)c2[nH]c(C)c([C@H](C)O)c2C)c(OC)c1. The Morgan fingerprint density at radius 2 is 1.93 bits per heavy atom. The highest BCUT2D eigenvalue weighted by Gasteiger charge is 2.21. The van der Waals surface area contributed by atoms with Crippen LogP contribution in [-0.4, -0.2) is 42.8 Å². The van der Waals surface area contributed by atoms with E-state index in [1.165, 1.54) is 14.2 Å². The summed E-state index contributed by atoms with van der Waals surface area (Å²) in [5, 5.41) is 12.4. The maximum atomic E-state index is 12.3. The number of methoxy groups -OCH3 is 2. The van der Waals surface area contributed by atoms with Crippen LogP contribution in [0.1, 0.15) is 40.3 Å². The predicted molar refractivity (Wildman–Crippen MR) is 99.4 cm³/mol. The van der Waals surface area contributed by atoms with Gasteiger partial charge < -0.3 is 29.6 Å². The minimum Gasteiger partial charge on any atom is -0.497 e. The van der Waals surface area contributed by atoms with Gasteiger partial charge in [0, 0.05) is 17.3 Å². The van der Waals surface area contributed by atoms with Crippen molar-refractivity contribution in [3.63, 3.8) is 0 Å². The van der Waals surface area contributed by atoms with Gasteiger partial charge in [0.2, 0.25) is 0 Å². The van der Waals surface area contributed by atoms with E-state index in [0.717, 1.165) is 0 Å². The Kier molecular flexibility index (Phi) is 6.46. The van der Waals surface area contributed by atoms with Gasteiger partial charge in [0.15, 0.2) is 6.61 Å². The number of nitrogens with one attached hydrogen (secondary N) is 2. The Hall–Kier alpha value is -3.00. The van der Waals surface area contributed by atoms with Crippen LogP contribution >= 0.6 is 0 Å². The predicted octanol–water partition coefficient (Wildman–Crippen LogP) is 2.50. The molecule has 0 saturated heterocycles. The van der Waals surface area contributed by atoms with E-state index in [9.17, 15) is 14.7 Å². The lowest BCUT2D eigenvalue weighted by molar-refractivity contribution is -0.119. The highest BCUT2D eigenvalue weighted by Crippen LogP contribution is 2.29. The third-order valence-corrected chi connectivity index (χ3v) is 4.13. The largest absolute Gasteiger partial charge is 0.497 e. The average molecular weight is 376 g/mol. The quantitative estimate of drug-likeness (QED) is 0.641. The van der Waals surface area contributed by atoms with E-state index in [-0.39, 0.29) is 5.69 Å². The van der Waals surface area contributed by atoms with Gasteiger partial charge in [-0.1, -0.05) is 0 Å². The number of hydrogen-bond acceptors (Lipinski definition) is 6. The molecule has 1 aromatic heterocycles. The van der Waals surface area contributed by atoms with Crippen LogP contribution in [0.25, 0.3) is 0 Å². The fraction of sp³-hybridized carbons (Fsp3) is 0.368. The number of aryl methyl sites for hydroxylation is 1. The number of amides is 1. The molecule has 2 rings (SSSR count). The molecule has 0 bridgehead atoms. The number of aliphatic hydroxyl groups is 1. The number of carbonyl (C=O) groups excluding carboxylic acids is 2. The smallest absolute Gasteiger partial charge is 0.355 e. The van der Waals surface area contributed by atoms with Gasteiger partial charge in [-0.15, -0.1) is 0 Å². The van der Waals surface area contributed by atoms with Gasteiger partial charge in [0.05, 0.1) is 26.0 Å². The molecule has 1 amide bonds. The molecule has 8 nitrogen and oxygen atoms in total. The number of esters is 1. The van der Waals surface area contributed by atoms with E-state index in [1.54, 1.807) is 39.0 Å². The lowest BCUT2D eigenvalue weighted by Gasteiger charge is -2.11. The first-order chi connectivity index (χ1) is 12.8. The molecule has 1 atom stereocenters. The van der Waals surface area contributed by atoms with E-state index in [0.29, 0.717) is 34.0 Å². The van der Waals surface area contributed by atoms with Gasteiger partial charge in [-0.3, -0.25) is 4.79 Å². The maximum Gasteiger partial charge on any atom is 0.355 e. The molecule has 0 aliphatic heterocycles. The van der Waals surface area contributed by atoms with Gasteiger partial charge in [-0.25, -0.2) is 4.79 Å². The fourth-order valence-electron chi connectivity index (χ4n) is 2.89. The summed E-state index contributed by atoms with van der Waals surface area (Å²) in [5.74, 6) is -0.169. The molecule has 8 heteroatoms. The minimum atomic E-state index is -0.714. The van der Waals surface area contributed by atoms with E-state index < -0.39 is 24.6 Å². The van der Waals surface area contributed by atoms with Gasteiger partial charge >= 0.3 is 5.97 Å². The van der Waals surface area contributed by atoms with Crippen molar-refractivity contribution >= 4 is 17.6 Å². The summed E-state index contributed by atoms with van der Waals surface area (Å²) >= 11 is 0. The molecule has 0 fully saturated rings. The lowest BCUT2D eigenvalue weighted by atomic mass is 10.1. The summed E-state index contributed by atoms with van der Waals surface area (Å²) in [4.78, 5) is 27.3. The summed E-state index contributed by atoms with van der Waals surface area (Å²) in [5.41, 5.74) is 2.59. The van der Waals surface area contributed by atoms with Crippen molar-refractivity contribution in [2.24, 2.45) is 0 Å². The zero-order valence-corrected chi connectivity index (χ0v) is 16.0. The normalized spacial score (nSPS) is 11.6. The van der Waals surface area contributed by atoms with Crippen molar-refractivity contribution in [1.82, 2.24) is 4.98 Å². The van der Waals surface area contributed by atoms with Crippen molar-refractivity contribution in [3.05, 3.63) is 40.7 Å². The van der Waals surface area contributed by atoms with Crippen LogP contribution in [-0.2, 0) is 9.53 Å². The van der Waals surface area contributed by atoms with Crippen LogP contribution < -0.4 is 14.8 Å². The molecule has 3 N–H and O–H groups in total. The first-order valence-corrected chi connectivity index (χ1v) is 8.34. The number of aromatic nitrogens is 1. The summed E-state index contributed by atoms with van der Waals surface area (Å²) in [7, 11) is 3.00. The second kappa shape index (κ2) is 8.59. The third kappa shape index (κ3) is 4.59. The Balaban J connectivity index is 2.02. The monoisotopic (exact) mass is 376 g/mol. The van der Waals surface area contributed by atoms with Crippen molar-refractivity contribution in [3.8, 4) is 11.5 Å². The molecule has 0 radical (unpaired) electrons. The molecule has 146 valence electrons. The van der Waals surface area contributed by atoms with Gasteiger partial charge in [-0.2, -0.15) is 0 Å². The summed E-state index contributed by atoms with van der Waals surface area (Å²) < 4.78 is 15.4. The number of carbonyl (C=O) groups is 2. The number of aliphatic hydroxyl groups excluding tert-OH is 1. The number of rotatable bonds is 7. The Morgan fingerprint density at radius 3 is 2.48 bits per heavy atom. The second-order valence-electron chi connectivity index (χ2n) is 6.03. The minimum absolute atomic E-state index is 0.221. The van der Waals surface area contributed by atoms with Crippen molar-refractivity contribution < 1.29 is 28.9 Å². The van der Waals surface area contributed by atoms with Crippen molar-refractivity contribution in [1.29, 1.82) is 0 Å². The molecule has 0 aliphatic rings. The first-order valence-electron chi connectivity index (χ1n) is 8.34. The van der Waals surface area contributed by atoms with E-state index in [1.807, 2.05) is 0 Å². The highest BCUT2D eigenvalue weighted by molar-refractivity contribution is 5.96. The molecule has 0 saturated carbocycles. The molecular formula is C19H24N2O6. The average Bonchev–Trinajstić information content (AvgIpc) is 2.94. The first kappa shape index (κ1) is 20.3. The van der Waals surface area contributed by atoms with E-state index >= 15 is 0 Å². The second-order valence-corrected chi connectivity index (χ2v) is 6.03. The molecule has 1 heterocycles. The Morgan fingerprint density at radius 1 is 1.22 bits per heavy atom. The van der Waals surface area contributed by atoms with Crippen LogP contribution in [0.5, 0.6) is 11.5 Å². The zero-order chi connectivity index (χ0) is 20.1. The van der Waals surface area contributed by atoms with E-state index in [4.69, 9.17) is 14.2 Å². The molecule has 0 aliphatic carbocycles. The van der Waals surface area contributed by atoms with Gasteiger partial charge in [0.1, 0.15) is 17.2 Å². The molecule has 0 unspecified atom stereocenters. The topological polar surface area (TPSA) is 110 Å². The van der Waals surface area contributed by atoms with Gasteiger partial charge in [0.25, 0.3) is 5.91 Å². The number of aromatic amines is 1. The summed E-state index contributed by atoms with van der Waals surface area (Å²) in [6.45, 7) is 4.63. The number of hydrogen-bond donors (Lipinski definition) is 3. The van der Waals surface area contributed by atoms with E-state index in [2.05, 4.69) is 10.3 Å². The Labute approximate surface area is 157 Å². The molecular weight excluding hydrogens is 352 g/mol. The van der Waals surface area contributed by atoms with Crippen LogP contribution in [0.15, 0.2) is 18.2 Å². The maximum absolute atomic E-state index is 12.3. The van der Waals surface area contributed by atoms with Crippen LogP contribution in [0, 0.1) is 13.8 Å².